The zero-order chi connectivity index (χ0) is 17.1. The van der Waals surface area contributed by atoms with Crippen molar-refractivity contribution in [3.63, 3.8) is 0 Å². The third kappa shape index (κ3) is 3.04. The Morgan fingerprint density at radius 2 is 1.52 bits per heavy atom. The summed E-state index contributed by atoms with van der Waals surface area (Å²) >= 11 is 0. The monoisotopic (exact) mass is 326 g/mol. The van der Waals surface area contributed by atoms with Gasteiger partial charge in [0, 0.05) is 5.56 Å². The summed E-state index contributed by atoms with van der Waals surface area (Å²) in [6.07, 6.45) is 1.82. The Morgan fingerprint density at radius 3 is 2.36 bits per heavy atom. The maximum absolute atomic E-state index is 5.49. The zero-order valence-corrected chi connectivity index (χ0v) is 13.9. The highest BCUT2D eigenvalue weighted by molar-refractivity contribution is 6.02. The van der Waals surface area contributed by atoms with Crippen molar-refractivity contribution in [1.29, 1.82) is 0 Å². The minimum absolute atomic E-state index is 0.808. The average Bonchev–Trinajstić information content (AvgIpc) is 2.68. The van der Waals surface area contributed by atoms with Gasteiger partial charge in [0.2, 0.25) is 0 Å². The van der Waals surface area contributed by atoms with E-state index in [4.69, 9.17) is 4.74 Å². The molecule has 0 unspecified atom stereocenters. The van der Waals surface area contributed by atoms with Crippen LogP contribution in [0.15, 0.2) is 84.0 Å². The number of hydrogen-bond donors (Lipinski definition) is 1. The summed E-state index contributed by atoms with van der Waals surface area (Å²) in [4.78, 5) is 0. The van der Waals surface area contributed by atoms with E-state index in [-0.39, 0.29) is 0 Å². The van der Waals surface area contributed by atoms with Gasteiger partial charge in [0.15, 0.2) is 0 Å². The lowest BCUT2D eigenvalue weighted by molar-refractivity contribution is 0.415. The molecule has 0 amide bonds. The van der Waals surface area contributed by atoms with Gasteiger partial charge < -0.3 is 4.74 Å². The van der Waals surface area contributed by atoms with Crippen molar-refractivity contribution in [2.24, 2.45) is 5.10 Å². The number of ether oxygens (including phenoxy) is 1. The number of nitrogens with zero attached hydrogens (tertiary/aromatic N) is 1. The molecule has 3 heteroatoms. The van der Waals surface area contributed by atoms with E-state index in [0.29, 0.717) is 0 Å². The third-order valence-corrected chi connectivity index (χ3v) is 4.29. The van der Waals surface area contributed by atoms with Gasteiger partial charge >= 0.3 is 0 Å². The summed E-state index contributed by atoms with van der Waals surface area (Å²) in [5, 5.41) is 9.10. The fraction of sp³-hybridized carbons (Fsp3) is 0.0455. The Morgan fingerprint density at radius 1 is 0.800 bits per heavy atom. The van der Waals surface area contributed by atoms with Crippen molar-refractivity contribution >= 4 is 33.4 Å². The lowest BCUT2D eigenvalue weighted by Crippen LogP contribution is -1.95. The number of methoxy groups -OCH3 is 1. The summed E-state index contributed by atoms with van der Waals surface area (Å²) < 4.78 is 5.49. The van der Waals surface area contributed by atoms with E-state index in [2.05, 4.69) is 53.0 Å². The van der Waals surface area contributed by atoms with Crippen LogP contribution < -0.4 is 10.2 Å². The van der Waals surface area contributed by atoms with E-state index >= 15 is 0 Å². The molecular formula is C22H18N2O. The van der Waals surface area contributed by atoms with Crippen LogP contribution in [0.3, 0.4) is 0 Å². The fourth-order valence-electron chi connectivity index (χ4n) is 3.02. The van der Waals surface area contributed by atoms with Crippen LogP contribution in [0.5, 0.6) is 5.75 Å². The molecule has 0 fully saturated rings. The second kappa shape index (κ2) is 6.65. The molecule has 0 saturated carbocycles. The highest BCUT2D eigenvalue weighted by Crippen LogP contribution is 2.26. The summed E-state index contributed by atoms with van der Waals surface area (Å²) in [6.45, 7) is 0. The molecule has 0 aliphatic carbocycles. The van der Waals surface area contributed by atoms with E-state index in [1.807, 2.05) is 42.6 Å². The molecule has 0 atom stereocenters. The number of anilines is 1. The minimum atomic E-state index is 0.808. The number of rotatable bonds is 4. The van der Waals surface area contributed by atoms with Crippen molar-refractivity contribution in [2.45, 2.75) is 0 Å². The molecule has 0 heterocycles. The summed E-state index contributed by atoms with van der Waals surface area (Å²) in [6, 6.07) is 26.7. The Kier molecular flexibility index (Phi) is 4.05. The first-order valence-electron chi connectivity index (χ1n) is 8.19. The van der Waals surface area contributed by atoms with E-state index in [1.165, 1.54) is 10.8 Å². The van der Waals surface area contributed by atoms with Gasteiger partial charge in [-0.05, 0) is 39.7 Å². The van der Waals surface area contributed by atoms with Gasteiger partial charge in [-0.2, -0.15) is 5.10 Å². The molecule has 0 aliphatic heterocycles. The Bertz CT molecular complexity index is 1070. The number of hydrazone groups is 1. The molecule has 3 nitrogen and oxygen atoms in total. The number of hydrogen-bond acceptors (Lipinski definition) is 3. The lowest BCUT2D eigenvalue weighted by Gasteiger charge is -2.08. The van der Waals surface area contributed by atoms with Crippen molar-refractivity contribution in [1.82, 2.24) is 0 Å². The fourth-order valence-corrected chi connectivity index (χ4v) is 3.02. The summed E-state index contributed by atoms with van der Waals surface area (Å²) in [5.41, 5.74) is 5.03. The van der Waals surface area contributed by atoms with Crippen LogP contribution in [0.2, 0.25) is 0 Å². The quantitative estimate of drug-likeness (QED) is 0.400. The van der Waals surface area contributed by atoms with Gasteiger partial charge in [0.1, 0.15) is 5.75 Å². The second-order valence-electron chi connectivity index (χ2n) is 5.83. The molecule has 0 aromatic heterocycles. The minimum Gasteiger partial charge on any atom is -0.496 e. The van der Waals surface area contributed by atoms with E-state index in [0.717, 1.165) is 27.8 Å². The normalized spacial score (nSPS) is 11.2. The molecule has 0 bridgehead atoms. The predicted molar refractivity (Wildman–Crippen MR) is 106 cm³/mol. The van der Waals surface area contributed by atoms with Gasteiger partial charge in [-0.15, -0.1) is 0 Å². The van der Waals surface area contributed by atoms with E-state index in [1.54, 1.807) is 7.11 Å². The first-order valence-corrected chi connectivity index (χ1v) is 8.19. The highest BCUT2D eigenvalue weighted by Gasteiger charge is 2.05. The van der Waals surface area contributed by atoms with Crippen LogP contribution >= 0.6 is 0 Å². The van der Waals surface area contributed by atoms with Crippen LogP contribution in [0.4, 0.5) is 5.69 Å². The molecular weight excluding hydrogens is 308 g/mol. The topological polar surface area (TPSA) is 33.6 Å². The van der Waals surface area contributed by atoms with Crippen molar-refractivity contribution < 1.29 is 4.74 Å². The van der Waals surface area contributed by atoms with Crippen molar-refractivity contribution in [3.8, 4) is 5.75 Å². The van der Waals surface area contributed by atoms with Gasteiger partial charge in [-0.25, -0.2) is 0 Å². The SMILES string of the molecule is COc1ccc2ccccc2c1C=NNc1ccc2ccccc2c1. The average molecular weight is 326 g/mol. The Labute approximate surface area is 146 Å². The number of benzene rings is 4. The molecule has 4 rings (SSSR count). The first-order chi connectivity index (χ1) is 12.3. The number of fused-ring (bicyclic) bond motifs is 2. The van der Waals surface area contributed by atoms with Gasteiger partial charge in [0.05, 0.1) is 19.0 Å². The van der Waals surface area contributed by atoms with E-state index in [9.17, 15) is 0 Å². The van der Waals surface area contributed by atoms with Crippen LogP contribution in [0.25, 0.3) is 21.5 Å². The largest absolute Gasteiger partial charge is 0.496 e. The molecule has 4 aromatic carbocycles. The second-order valence-corrected chi connectivity index (χ2v) is 5.83. The third-order valence-electron chi connectivity index (χ3n) is 4.29. The molecule has 0 radical (unpaired) electrons. The molecule has 4 aromatic rings. The van der Waals surface area contributed by atoms with Crippen LogP contribution in [0.1, 0.15) is 5.56 Å². The zero-order valence-electron chi connectivity index (χ0n) is 13.9. The van der Waals surface area contributed by atoms with Crippen LogP contribution in [-0.4, -0.2) is 13.3 Å². The van der Waals surface area contributed by atoms with Crippen molar-refractivity contribution in [3.05, 3.63) is 84.4 Å². The first kappa shape index (κ1) is 15.2. The molecule has 25 heavy (non-hydrogen) atoms. The predicted octanol–water partition coefficient (Wildman–Crippen LogP) is 5.45. The number of nitrogens with one attached hydrogen (secondary N) is 1. The molecule has 0 spiro atoms. The molecule has 0 aliphatic rings. The van der Waals surface area contributed by atoms with Gasteiger partial charge in [-0.3, -0.25) is 5.43 Å². The summed E-state index contributed by atoms with van der Waals surface area (Å²) in [7, 11) is 1.68. The maximum Gasteiger partial charge on any atom is 0.128 e. The van der Waals surface area contributed by atoms with Gasteiger partial charge in [-0.1, -0.05) is 60.7 Å². The van der Waals surface area contributed by atoms with Crippen LogP contribution in [-0.2, 0) is 0 Å². The molecule has 0 saturated heterocycles. The molecule has 122 valence electrons. The standard InChI is InChI=1S/C22H18N2O/c1-25-22-13-11-17-7-4-5-9-20(17)21(22)15-23-24-19-12-10-16-6-2-3-8-18(16)14-19/h2-15,24H,1H3. The Hall–Kier alpha value is -3.33. The van der Waals surface area contributed by atoms with Crippen molar-refractivity contribution in [2.75, 3.05) is 12.5 Å². The lowest BCUT2D eigenvalue weighted by atomic mass is 10.0. The maximum atomic E-state index is 5.49. The summed E-state index contributed by atoms with van der Waals surface area (Å²) in [5.74, 6) is 0.808. The molecule has 1 N–H and O–H groups in total. The van der Waals surface area contributed by atoms with E-state index < -0.39 is 0 Å². The van der Waals surface area contributed by atoms with Gasteiger partial charge in [0.25, 0.3) is 0 Å². The smallest absolute Gasteiger partial charge is 0.128 e. The highest BCUT2D eigenvalue weighted by atomic mass is 16.5. The van der Waals surface area contributed by atoms with Crippen LogP contribution in [0, 0.1) is 0 Å². The Balaban J connectivity index is 1.66.